The van der Waals surface area contributed by atoms with Gasteiger partial charge >= 0.3 is 0 Å². The Morgan fingerprint density at radius 2 is 0.891 bits per heavy atom. The number of hydrogen-bond donors (Lipinski definition) is 12. The summed E-state index contributed by atoms with van der Waals surface area (Å²) in [6, 6.07) is 26.2. The molecule has 2 heterocycles. The number of aliphatic hydroxyl groups is 4. The Labute approximate surface area is 369 Å². The first-order valence-corrected chi connectivity index (χ1v) is 22.4. The Bertz CT molecular complexity index is 2430. The second-order valence-corrected chi connectivity index (χ2v) is 16.5. The molecule has 0 amide bonds. The molecule has 0 bridgehead atoms. The number of anilines is 4. The number of hydrazone groups is 2. The van der Waals surface area contributed by atoms with E-state index in [4.69, 9.17) is 0 Å². The number of aliphatic hydroxyl groups excluding tert-OH is 4. The summed E-state index contributed by atoms with van der Waals surface area (Å²) in [4.78, 5) is 2.18. The fourth-order valence-electron chi connectivity index (χ4n) is 6.28. The standard InChI is InChI=1S/C40H48N12O10S2/c53-21-17-49(18-22-54)39-27-37(45-51(47-39)43-31-7-3-1-4-8-31)41-33-15-13-29(35(25-33)63(57,58)59)11-12-30-14-16-34(26-36(30)64(60,61)62)42-38-28-40(50(19-23-55)20-24-56)48-52(46-38)44-32-9-5-2-6-10-32/h1-16,25-28,41-46,53-56H,17-24H2,(H,57,58,59)(H,60,61,62). The molecule has 340 valence electrons. The van der Waals surface area contributed by atoms with E-state index in [9.17, 15) is 46.4 Å². The van der Waals surface area contributed by atoms with E-state index in [1.54, 1.807) is 46.2 Å². The number of hydrogen-bond acceptors (Lipinski definition) is 20. The van der Waals surface area contributed by atoms with Crippen LogP contribution in [0.4, 0.5) is 22.7 Å². The Hall–Kier alpha value is -6.90. The van der Waals surface area contributed by atoms with Gasteiger partial charge in [-0.3, -0.25) is 20.0 Å². The lowest BCUT2D eigenvalue weighted by molar-refractivity contribution is 0.203. The average Bonchev–Trinajstić information content (AvgIpc) is 3.26. The first kappa shape index (κ1) is 46.6. The summed E-state index contributed by atoms with van der Waals surface area (Å²) in [5, 5.41) is 56.3. The summed E-state index contributed by atoms with van der Waals surface area (Å²) < 4.78 is 71.6. The van der Waals surface area contributed by atoms with Crippen molar-refractivity contribution in [2.45, 2.75) is 9.79 Å². The number of amidine groups is 2. The molecule has 0 saturated carbocycles. The van der Waals surface area contributed by atoms with Crippen LogP contribution in [-0.4, -0.2) is 131 Å². The highest BCUT2D eigenvalue weighted by Gasteiger charge is 2.23. The van der Waals surface area contributed by atoms with Gasteiger partial charge in [-0.25, -0.2) is 10.9 Å². The summed E-state index contributed by atoms with van der Waals surface area (Å²) in [5.41, 5.74) is 13.8. The van der Waals surface area contributed by atoms with Crippen molar-refractivity contribution in [2.75, 3.05) is 74.1 Å². The minimum Gasteiger partial charge on any atom is -0.395 e. The fraction of sp³-hybridized carbons (Fsp3) is 0.200. The molecule has 0 radical (unpaired) electrons. The number of rotatable bonds is 20. The highest BCUT2D eigenvalue weighted by atomic mass is 32.2. The van der Waals surface area contributed by atoms with E-state index in [1.165, 1.54) is 46.9 Å². The molecule has 0 saturated heterocycles. The van der Waals surface area contributed by atoms with Crippen molar-refractivity contribution in [3.05, 3.63) is 132 Å². The van der Waals surface area contributed by atoms with Crippen molar-refractivity contribution in [1.82, 2.24) is 31.1 Å². The predicted molar refractivity (Wildman–Crippen MR) is 241 cm³/mol. The van der Waals surface area contributed by atoms with Crippen LogP contribution >= 0.6 is 0 Å². The number of nitrogens with one attached hydrogen (secondary N) is 6. The third-order valence-corrected chi connectivity index (χ3v) is 11.0. The molecule has 64 heavy (non-hydrogen) atoms. The van der Waals surface area contributed by atoms with E-state index in [2.05, 4.69) is 42.5 Å². The lowest BCUT2D eigenvalue weighted by Gasteiger charge is -2.32. The largest absolute Gasteiger partial charge is 0.395 e. The molecule has 0 aliphatic carbocycles. The number of benzene rings is 4. The molecular formula is C40H48N12O10S2. The summed E-state index contributed by atoms with van der Waals surface area (Å²) >= 11 is 0. The zero-order valence-corrected chi connectivity index (χ0v) is 35.7. The van der Waals surface area contributed by atoms with Crippen molar-refractivity contribution < 1.29 is 46.4 Å². The second-order valence-electron chi connectivity index (χ2n) is 13.7. The van der Waals surface area contributed by atoms with Crippen molar-refractivity contribution >= 4 is 66.8 Å². The Morgan fingerprint density at radius 1 is 0.531 bits per heavy atom. The highest BCUT2D eigenvalue weighted by molar-refractivity contribution is 7.86. The Balaban J connectivity index is 1.26. The normalized spacial score (nSPS) is 14.1. The molecule has 0 fully saturated rings. The van der Waals surface area contributed by atoms with Crippen LogP contribution in [0.1, 0.15) is 11.1 Å². The van der Waals surface area contributed by atoms with E-state index >= 15 is 0 Å². The molecule has 0 unspecified atom stereocenters. The first-order valence-electron chi connectivity index (χ1n) is 19.5. The fourth-order valence-corrected chi connectivity index (χ4v) is 7.70. The molecule has 4 aromatic carbocycles. The maximum atomic E-state index is 12.7. The van der Waals surface area contributed by atoms with E-state index in [0.717, 1.165) is 12.1 Å². The van der Waals surface area contributed by atoms with Crippen LogP contribution in [0.3, 0.4) is 0 Å². The van der Waals surface area contributed by atoms with Gasteiger partial charge in [0, 0.05) is 49.7 Å². The van der Waals surface area contributed by atoms with Crippen LogP contribution in [0, 0.1) is 0 Å². The van der Waals surface area contributed by atoms with Gasteiger partial charge in [-0.15, -0.1) is 20.7 Å². The predicted octanol–water partition coefficient (Wildman–Crippen LogP) is 1.75. The molecule has 0 atom stereocenters. The lowest BCUT2D eigenvalue weighted by atomic mass is 10.1. The topological polar surface area (TPSA) is 300 Å². The monoisotopic (exact) mass is 920 g/mol. The average molecular weight is 921 g/mol. The minimum absolute atomic E-state index is 0.0292. The third kappa shape index (κ3) is 12.8. The van der Waals surface area contributed by atoms with Crippen molar-refractivity contribution in [2.24, 2.45) is 10.2 Å². The van der Waals surface area contributed by atoms with Crippen LogP contribution < -0.4 is 32.3 Å². The molecule has 6 rings (SSSR count). The second kappa shape index (κ2) is 21.5. The molecule has 4 aromatic rings. The maximum Gasteiger partial charge on any atom is 0.295 e. The molecular weight excluding hydrogens is 873 g/mol. The Kier molecular flexibility index (Phi) is 15.6. The molecule has 2 aliphatic rings. The quantitative estimate of drug-likeness (QED) is 0.0444. The number of para-hydroxylation sites is 2. The van der Waals surface area contributed by atoms with E-state index in [0.29, 0.717) is 23.0 Å². The molecule has 24 heteroatoms. The zero-order chi connectivity index (χ0) is 45.7. The summed E-state index contributed by atoms with van der Waals surface area (Å²) in [6.45, 7) is -0.354. The summed E-state index contributed by atoms with van der Waals surface area (Å²) in [6.07, 6.45) is 5.66. The first-order chi connectivity index (χ1) is 30.8. The zero-order valence-electron chi connectivity index (χ0n) is 34.0. The molecule has 0 spiro atoms. The number of hydrazine groups is 4. The van der Waals surface area contributed by atoms with Crippen LogP contribution in [0.15, 0.2) is 141 Å². The van der Waals surface area contributed by atoms with Gasteiger partial charge in [0.2, 0.25) is 0 Å². The lowest BCUT2D eigenvalue weighted by Crippen LogP contribution is -2.47. The van der Waals surface area contributed by atoms with Crippen LogP contribution in [0.2, 0.25) is 0 Å². The smallest absolute Gasteiger partial charge is 0.295 e. The highest BCUT2D eigenvalue weighted by Crippen LogP contribution is 2.28. The van der Waals surface area contributed by atoms with Gasteiger partial charge in [0.15, 0.2) is 11.7 Å². The SMILES string of the molecule is O=S(=O)(O)c1cc(NC2=CC(N(CCO)CCO)=NN(Nc3ccccc3)N2)ccc1C=Cc1ccc(NC2=CC(N(CCO)CCO)=NN(Nc3ccccc3)N2)cc1S(=O)(=O)O. The van der Waals surface area contributed by atoms with Gasteiger partial charge in [-0.1, -0.05) is 60.7 Å². The number of nitrogens with zero attached hydrogens (tertiary/aromatic N) is 6. The Morgan fingerprint density at radius 3 is 1.22 bits per heavy atom. The molecule has 22 nitrogen and oxygen atoms in total. The van der Waals surface area contributed by atoms with Gasteiger partial charge < -0.3 is 40.9 Å². The van der Waals surface area contributed by atoms with Crippen LogP contribution in [-0.2, 0) is 20.2 Å². The van der Waals surface area contributed by atoms with Crippen LogP contribution in [0.25, 0.3) is 12.2 Å². The minimum atomic E-state index is -4.88. The maximum absolute atomic E-state index is 12.7. The van der Waals surface area contributed by atoms with Crippen molar-refractivity contribution in [3.8, 4) is 0 Å². The third-order valence-electron chi connectivity index (χ3n) is 9.13. The van der Waals surface area contributed by atoms with Gasteiger partial charge in [0.25, 0.3) is 20.2 Å². The van der Waals surface area contributed by atoms with Gasteiger partial charge in [0.05, 0.1) is 37.8 Å². The van der Waals surface area contributed by atoms with Crippen molar-refractivity contribution in [3.63, 3.8) is 0 Å². The summed E-state index contributed by atoms with van der Waals surface area (Å²) in [7, 11) is -9.76. The van der Waals surface area contributed by atoms with E-state index in [1.807, 2.05) is 36.4 Å². The van der Waals surface area contributed by atoms with E-state index in [-0.39, 0.29) is 86.8 Å². The van der Waals surface area contributed by atoms with Gasteiger partial charge in [-0.2, -0.15) is 16.8 Å². The van der Waals surface area contributed by atoms with Crippen molar-refractivity contribution in [1.29, 1.82) is 0 Å². The van der Waals surface area contributed by atoms with Gasteiger partial charge in [0.1, 0.15) is 21.4 Å². The molecule has 12 N–H and O–H groups in total. The summed E-state index contributed by atoms with van der Waals surface area (Å²) in [5.74, 6) is 1.21. The molecule has 0 aromatic heterocycles. The molecule has 2 aliphatic heterocycles. The van der Waals surface area contributed by atoms with Gasteiger partial charge in [-0.05, 0) is 59.7 Å². The van der Waals surface area contributed by atoms with E-state index < -0.39 is 30.0 Å². The van der Waals surface area contributed by atoms with Crippen LogP contribution in [0.5, 0.6) is 0 Å².